The standard InChI is InChI=1S/C19H19N3O3S/c20-11-10-15-6-8-17(9-7-15)21-19(23)16-4-3-5-18(14-16)22-12-1-2-13-26(22,24)25/h3-9,14H,1-2,10,12-13H2,(H,21,23). The Morgan fingerprint density at radius 1 is 1.15 bits per heavy atom. The van der Waals surface area contributed by atoms with E-state index in [0.717, 1.165) is 12.0 Å². The van der Waals surface area contributed by atoms with E-state index in [9.17, 15) is 13.2 Å². The summed E-state index contributed by atoms with van der Waals surface area (Å²) >= 11 is 0. The van der Waals surface area contributed by atoms with Crippen LogP contribution in [-0.4, -0.2) is 26.6 Å². The maximum atomic E-state index is 12.5. The number of amides is 1. The van der Waals surface area contributed by atoms with Gasteiger partial charge in [-0.1, -0.05) is 18.2 Å². The number of nitrogens with one attached hydrogen (secondary N) is 1. The molecule has 1 aliphatic rings. The van der Waals surface area contributed by atoms with Gasteiger partial charge in [-0.15, -0.1) is 0 Å². The molecular formula is C19H19N3O3S. The van der Waals surface area contributed by atoms with E-state index in [2.05, 4.69) is 11.4 Å². The first-order chi connectivity index (χ1) is 12.5. The largest absolute Gasteiger partial charge is 0.322 e. The molecule has 6 nitrogen and oxygen atoms in total. The van der Waals surface area contributed by atoms with Gasteiger partial charge in [-0.2, -0.15) is 5.26 Å². The summed E-state index contributed by atoms with van der Waals surface area (Å²) in [5, 5.41) is 11.5. The van der Waals surface area contributed by atoms with Crippen molar-refractivity contribution in [1.82, 2.24) is 0 Å². The SMILES string of the molecule is N#CCc1ccc(NC(=O)c2cccc(N3CCCCS3(=O)=O)c2)cc1. The molecule has 0 atom stereocenters. The molecule has 0 aliphatic carbocycles. The van der Waals surface area contributed by atoms with Gasteiger partial charge in [-0.3, -0.25) is 9.10 Å². The van der Waals surface area contributed by atoms with Crippen molar-refractivity contribution >= 4 is 27.3 Å². The van der Waals surface area contributed by atoms with Crippen LogP contribution in [0.1, 0.15) is 28.8 Å². The Bertz CT molecular complexity index is 947. The van der Waals surface area contributed by atoms with Crippen LogP contribution in [0.4, 0.5) is 11.4 Å². The summed E-state index contributed by atoms with van der Waals surface area (Å²) in [4.78, 5) is 12.5. The van der Waals surface area contributed by atoms with Crippen molar-refractivity contribution in [3.8, 4) is 6.07 Å². The maximum absolute atomic E-state index is 12.5. The second-order valence-corrected chi connectivity index (χ2v) is 8.14. The summed E-state index contributed by atoms with van der Waals surface area (Å²) in [6, 6.07) is 15.8. The lowest BCUT2D eigenvalue weighted by Crippen LogP contribution is -2.37. The van der Waals surface area contributed by atoms with Gasteiger partial charge in [0.1, 0.15) is 0 Å². The summed E-state index contributed by atoms with van der Waals surface area (Å²) in [5.41, 5.74) is 2.40. The molecule has 2 aromatic carbocycles. The fraction of sp³-hybridized carbons (Fsp3) is 0.263. The highest BCUT2D eigenvalue weighted by atomic mass is 32.2. The minimum Gasteiger partial charge on any atom is -0.322 e. The van der Waals surface area contributed by atoms with Crippen LogP contribution in [0, 0.1) is 11.3 Å². The molecule has 0 saturated carbocycles. The maximum Gasteiger partial charge on any atom is 0.255 e. The lowest BCUT2D eigenvalue weighted by Gasteiger charge is -2.28. The topological polar surface area (TPSA) is 90.3 Å². The van der Waals surface area contributed by atoms with E-state index >= 15 is 0 Å². The van der Waals surface area contributed by atoms with Crippen LogP contribution in [0.15, 0.2) is 48.5 Å². The first kappa shape index (κ1) is 18.0. The Morgan fingerprint density at radius 3 is 2.62 bits per heavy atom. The van der Waals surface area contributed by atoms with Gasteiger partial charge >= 0.3 is 0 Å². The minimum absolute atomic E-state index is 0.137. The molecule has 1 fully saturated rings. The highest BCUT2D eigenvalue weighted by molar-refractivity contribution is 7.92. The second kappa shape index (κ2) is 7.58. The average molecular weight is 369 g/mol. The van der Waals surface area contributed by atoms with Crippen molar-refractivity contribution < 1.29 is 13.2 Å². The summed E-state index contributed by atoms with van der Waals surface area (Å²) in [7, 11) is -3.31. The van der Waals surface area contributed by atoms with Crippen molar-refractivity contribution in [2.45, 2.75) is 19.3 Å². The van der Waals surface area contributed by atoms with E-state index in [1.54, 1.807) is 48.5 Å². The Balaban J connectivity index is 1.77. The molecule has 26 heavy (non-hydrogen) atoms. The second-order valence-electron chi connectivity index (χ2n) is 6.13. The van der Waals surface area contributed by atoms with Gasteiger partial charge in [-0.05, 0) is 48.7 Å². The fourth-order valence-electron chi connectivity index (χ4n) is 2.88. The van der Waals surface area contributed by atoms with Gasteiger partial charge in [0.15, 0.2) is 0 Å². The van der Waals surface area contributed by atoms with Crippen molar-refractivity contribution in [3.63, 3.8) is 0 Å². The Hall–Kier alpha value is -2.85. The zero-order valence-electron chi connectivity index (χ0n) is 14.2. The summed E-state index contributed by atoms with van der Waals surface area (Å²) in [5.74, 6) is -0.173. The monoisotopic (exact) mass is 369 g/mol. The Morgan fingerprint density at radius 2 is 1.92 bits per heavy atom. The zero-order valence-corrected chi connectivity index (χ0v) is 15.0. The van der Waals surface area contributed by atoms with Crippen LogP contribution in [0.2, 0.25) is 0 Å². The van der Waals surface area contributed by atoms with E-state index < -0.39 is 10.0 Å². The molecule has 134 valence electrons. The van der Waals surface area contributed by atoms with E-state index in [1.165, 1.54) is 4.31 Å². The number of rotatable bonds is 4. The van der Waals surface area contributed by atoms with Gasteiger partial charge in [-0.25, -0.2) is 8.42 Å². The Labute approximate surface area is 153 Å². The molecule has 0 radical (unpaired) electrons. The number of nitriles is 1. The fourth-order valence-corrected chi connectivity index (χ4v) is 4.51. The number of carbonyl (C=O) groups is 1. The summed E-state index contributed by atoms with van der Waals surface area (Å²) in [6.45, 7) is 0.438. The molecule has 0 bridgehead atoms. The molecule has 1 amide bonds. The summed E-state index contributed by atoms with van der Waals surface area (Å²) in [6.07, 6.45) is 1.80. The number of sulfonamides is 1. The number of carbonyl (C=O) groups excluding carboxylic acids is 1. The molecule has 1 N–H and O–H groups in total. The molecule has 0 unspecified atom stereocenters. The van der Waals surface area contributed by atoms with Crippen molar-refractivity contribution in [3.05, 3.63) is 59.7 Å². The van der Waals surface area contributed by atoms with E-state index in [4.69, 9.17) is 5.26 Å². The highest BCUT2D eigenvalue weighted by Crippen LogP contribution is 2.24. The number of hydrogen-bond acceptors (Lipinski definition) is 4. The molecule has 2 aromatic rings. The zero-order chi connectivity index (χ0) is 18.6. The quantitative estimate of drug-likeness (QED) is 0.897. The van der Waals surface area contributed by atoms with E-state index in [1.807, 2.05) is 0 Å². The van der Waals surface area contributed by atoms with Gasteiger partial charge in [0, 0.05) is 17.8 Å². The molecule has 1 aliphatic heterocycles. The molecular weight excluding hydrogens is 350 g/mol. The van der Waals surface area contributed by atoms with E-state index in [-0.39, 0.29) is 11.7 Å². The lowest BCUT2D eigenvalue weighted by atomic mass is 10.1. The molecule has 3 rings (SSSR count). The van der Waals surface area contributed by atoms with Gasteiger partial charge in [0.25, 0.3) is 5.91 Å². The van der Waals surface area contributed by atoms with Crippen LogP contribution in [0.25, 0.3) is 0 Å². The lowest BCUT2D eigenvalue weighted by molar-refractivity contribution is 0.102. The predicted molar refractivity (Wildman–Crippen MR) is 101 cm³/mol. The third-order valence-corrected chi connectivity index (χ3v) is 6.11. The van der Waals surface area contributed by atoms with Crippen LogP contribution < -0.4 is 9.62 Å². The first-order valence-electron chi connectivity index (χ1n) is 8.37. The minimum atomic E-state index is -3.31. The van der Waals surface area contributed by atoms with Gasteiger partial charge in [0.2, 0.25) is 10.0 Å². The number of hydrogen-bond donors (Lipinski definition) is 1. The average Bonchev–Trinajstić information content (AvgIpc) is 2.63. The number of anilines is 2. The first-order valence-corrected chi connectivity index (χ1v) is 9.98. The van der Waals surface area contributed by atoms with Crippen LogP contribution >= 0.6 is 0 Å². The smallest absolute Gasteiger partial charge is 0.255 e. The number of benzene rings is 2. The highest BCUT2D eigenvalue weighted by Gasteiger charge is 2.26. The van der Waals surface area contributed by atoms with Crippen molar-refractivity contribution in [1.29, 1.82) is 5.26 Å². The van der Waals surface area contributed by atoms with Crippen molar-refractivity contribution in [2.24, 2.45) is 0 Å². The van der Waals surface area contributed by atoms with Crippen molar-refractivity contribution in [2.75, 3.05) is 21.9 Å². The molecule has 1 saturated heterocycles. The van der Waals surface area contributed by atoms with Crippen LogP contribution in [-0.2, 0) is 16.4 Å². The molecule has 0 spiro atoms. The predicted octanol–water partition coefficient (Wildman–Crippen LogP) is 2.93. The number of nitrogens with zero attached hydrogens (tertiary/aromatic N) is 2. The van der Waals surface area contributed by atoms with Gasteiger partial charge in [0.05, 0.1) is 23.9 Å². The van der Waals surface area contributed by atoms with Crippen LogP contribution in [0.3, 0.4) is 0 Å². The van der Waals surface area contributed by atoms with Crippen LogP contribution in [0.5, 0.6) is 0 Å². The third-order valence-electron chi connectivity index (χ3n) is 4.24. The van der Waals surface area contributed by atoms with Gasteiger partial charge < -0.3 is 5.32 Å². The molecule has 7 heteroatoms. The normalized spacial score (nSPS) is 15.9. The third kappa shape index (κ3) is 4.03. The van der Waals surface area contributed by atoms with E-state index in [0.29, 0.717) is 36.3 Å². The molecule has 1 heterocycles. The summed E-state index contributed by atoms with van der Waals surface area (Å²) < 4.78 is 25.9. The molecule has 0 aromatic heterocycles. The Kier molecular flexibility index (Phi) is 5.24.